The van der Waals surface area contributed by atoms with Crippen LogP contribution >= 0.6 is 11.6 Å². The van der Waals surface area contributed by atoms with Crippen molar-refractivity contribution in [3.8, 4) is 0 Å². The van der Waals surface area contributed by atoms with Crippen LogP contribution in [0.3, 0.4) is 0 Å². The second-order valence-corrected chi connectivity index (χ2v) is 4.76. The van der Waals surface area contributed by atoms with Crippen LogP contribution in [0.1, 0.15) is 12.5 Å². The van der Waals surface area contributed by atoms with Crippen LogP contribution in [0.5, 0.6) is 0 Å². The Morgan fingerprint density at radius 1 is 1.26 bits per heavy atom. The molecule has 1 aromatic carbocycles. The highest BCUT2D eigenvalue weighted by Gasteiger charge is 2.30. The zero-order chi connectivity index (χ0) is 13.9. The van der Waals surface area contributed by atoms with Crippen molar-refractivity contribution in [1.82, 2.24) is 4.98 Å². The molecule has 1 atom stereocenters. The van der Waals surface area contributed by atoms with Gasteiger partial charge in [0.05, 0.1) is 5.02 Å². The minimum absolute atomic E-state index is 0.307. The van der Waals surface area contributed by atoms with E-state index < -0.39 is 5.54 Å². The van der Waals surface area contributed by atoms with E-state index in [9.17, 15) is 4.79 Å². The van der Waals surface area contributed by atoms with Gasteiger partial charge in [-0.15, -0.1) is 0 Å². The largest absolute Gasteiger partial charge is 0.314 e. The van der Waals surface area contributed by atoms with Gasteiger partial charge in [0.1, 0.15) is 5.54 Å². The first-order valence-corrected chi connectivity index (χ1v) is 6.16. The summed E-state index contributed by atoms with van der Waals surface area (Å²) in [5.74, 6) is -0.0546. The summed E-state index contributed by atoms with van der Waals surface area (Å²) in [7, 11) is 0. The molecule has 2 rings (SSSR count). The standard InChI is InChI=1S/C14H14ClN3O/c1-14(16,10-6-3-2-4-7-10)13(19)18-12-11(15)8-5-9-17-12/h2-9H,16H2,1H3,(H,17,18,19). The fraction of sp³-hybridized carbons (Fsp3) is 0.143. The minimum atomic E-state index is -1.15. The maximum absolute atomic E-state index is 12.3. The van der Waals surface area contributed by atoms with Gasteiger partial charge >= 0.3 is 0 Å². The normalized spacial score (nSPS) is 13.6. The predicted molar refractivity (Wildman–Crippen MR) is 75.9 cm³/mol. The molecule has 98 valence electrons. The number of rotatable bonds is 3. The van der Waals surface area contributed by atoms with Crippen molar-refractivity contribution in [3.63, 3.8) is 0 Å². The Morgan fingerprint density at radius 2 is 1.95 bits per heavy atom. The Balaban J connectivity index is 2.23. The van der Waals surface area contributed by atoms with Crippen molar-refractivity contribution in [2.24, 2.45) is 5.73 Å². The third kappa shape index (κ3) is 2.92. The van der Waals surface area contributed by atoms with Crippen LogP contribution in [0, 0.1) is 0 Å². The second-order valence-electron chi connectivity index (χ2n) is 4.36. The van der Waals surface area contributed by atoms with E-state index >= 15 is 0 Å². The van der Waals surface area contributed by atoms with Crippen LogP contribution in [0.2, 0.25) is 5.02 Å². The van der Waals surface area contributed by atoms with Gasteiger partial charge in [-0.05, 0) is 24.6 Å². The van der Waals surface area contributed by atoms with Crippen molar-refractivity contribution < 1.29 is 4.79 Å². The summed E-state index contributed by atoms with van der Waals surface area (Å²) in [6.45, 7) is 1.65. The van der Waals surface area contributed by atoms with Gasteiger partial charge in [0.25, 0.3) is 0 Å². The van der Waals surface area contributed by atoms with Crippen LogP contribution in [-0.4, -0.2) is 10.9 Å². The van der Waals surface area contributed by atoms with Crippen LogP contribution in [0.4, 0.5) is 5.82 Å². The number of nitrogens with two attached hydrogens (primary N) is 1. The molecule has 0 bridgehead atoms. The van der Waals surface area contributed by atoms with Crippen molar-refractivity contribution in [2.75, 3.05) is 5.32 Å². The molecule has 3 N–H and O–H groups in total. The van der Waals surface area contributed by atoms with Gasteiger partial charge in [0.2, 0.25) is 5.91 Å². The number of hydrogen-bond acceptors (Lipinski definition) is 3. The fourth-order valence-corrected chi connectivity index (χ4v) is 1.80. The van der Waals surface area contributed by atoms with Crippen LogP contribution in [-0.2, 0) is 10.3 Å². The average molecular weight is 276 g/mol. The topological polar surface area (TPSA) is 68.0 Å². The molecule has 2 aromatic rings. The number of nitrogens with one attached hydrogen (secondary N) is 1. The number of pyridine rings is 1. The molecule has 0 fully saturated rings. The number of aromatic nitrogens is 1. The van der Waals surface area contributed by atoms with Crippen molar-refractivity contribution in [1.29, 1.82) is 0 Å². The Hall–Kier alpha value is -1.91. The highest BCUT2D eigenvalue weighted by molar-refractivity contribution is 6.33. The summed E-state index contributed by atoms with van der Waals surface area (Å²) in [6, 6.07) is 12.5. The smallest absolute Gasteiger partial charge is 0.249 e. The monoisotopic (exact) mass is 275 g/mol. The molecule has 4 nitrogen and oxygen atoms in total. The first-order valence-electron chi connectivity index (χ1n) is 5.78. The first kappa shape index (κ1) is 13.5. The number of hydrogen-bond donors (Lipinski definition) is 2. The van der Waals surface area contributed by atoms with Crippen LogP contribution in [0.25, 0.3) is 0 Å². The number of anilines is 1. The first-order chi connectivity index (χ1) is 9.01. The lowest BCUT2D eigenvalue weighted by atomic mass is 9.92. The quantitative estimate of drug-likeness (QED) is 0.904. The van der Waals surface area contributed by atoms with Crippen molar-refractivity contribution in [2.45, 2.75) is 12.5 Å². The van der Waals surface area contributed by atoms with E-state index in [2.05, 4.69) is 10.3 Å². The number of carbonyl (C=O) groups is 1. The number of nitrogens with zero attached hydrogens (tertiary/aromatic N) is 1. The zero-order valence-corrected chi connectivity index (χ0v) is 11.2. The molecule has 1 unspecified atom stereocenters. The van der Waals surface area contributed by atoms with Gasteiger partial charge in [-0.3, -0.25) is 4.79 Å². The average Bonchev–Trinajstić information content (AvgIpc) is 2.42. The second kappa shape index (κ2) is 5.38. The predicted octanol–water partition coefficient (Wildman–Crippen LogP) is 2.55. The Morgan fingerprint density at radius 3 is 2.58 bits per heavy atom. The van der Waals surface area contributed by atoms with E-state index in [0.717, 1.165) is 5.56 Å². The molecule has 1 aromatic heterocycles. The molecule has 0 spiro atoms. The van der Waals surface area contributed by atoms with Crippen LogP contribution < -0.4 is 11.1 Å². The molecule has 0 saturated heterocycles. The lowest BCUT2D eigenvalue weighted by Gasteiger charge is -2.23. The Labute approximate surface area is 116 Å². The summed E-state index contributed by atoms with van der Waals surface area (Å²) in [5, 5.41) is 3.02. The molecular weight excluding hydrogens is 262 g/mol. The SMILES string of the molecule is CC(N)(C(=O)Nc1ncccc1Cl)c1ccccc1. The van der Waals surface area contributed by atoms with E-state index in [1.54, 1.807) is 37.4 Å². The Bertz CT molecular complexity index is 584. The van der Waals surface area contributed by atoms with E-state index in [0.29, 0.717) is 10.8 Å². The lowest BCUT2D eigenvalue weighted by Crippen LogP contribution is -2.45. The summed E-state index contributed by atoms with van der Waals surface area (Å²) in [4.78, 5) is 16.3. The van der Waals surface area contributed by atoms with Gasteiger partial charge in [-0.1, -0.05) is 41.9 Å². The number of carbonyl (C=O) groups excluding carboxylic acids is 1. The summed E-state index contributed by atoms with van der Waals surface area (Å²) in [6.07, 6.45) is 1.55. The molecule has 1 amide bonds. The van der Waals surface area contributed by atoms with Crippen molar-refractivity contribution >= 4 is 23.3 Å². The van der Waals surface area contributed by atoms with Gasteiger partial charge < -0.3 is 11.1 Å². The zero-order valence-electron chi connectivity index (χ0n) is 10.4. The van der Waals surface area contributed by atoms with E-state index in [1.165, 1.54) is 0 Å². The van der Waals surface area contributed by atoms with Gasteiger partial charge in [-0.2, -0.15) is 0 Å². The molecule has 0 aliphatic rings. The maximum Gasteiger partial charge on any atom is 0.249 e. The third-order valence-corrected chi connectivity index (χ3v) is 3.14. The molecule has 5 heteroatoms. The summed E-state index contributed by atoms with van der Waals surface area (Å²) in [5.41, 5.74) is 5.67. The number of benzene rings is 1. The van der Waals surface area contributed by atoms with Gasteiger partial charge in [-0.25, -0.2) is 4.98 Å². The number of amides is 1. The molecule has 0 aliphatic carbocycles. The Kier molecular flexibility index (Phi) is 3.83. The lowest BCUT2D eigenvalue weighted by molar-refractivity contribution is -0.120. The fourth-order valence-electron chi connectivity index (χ4n) is 1.63. The van der Waals surface area contributed by atoms with Crippen molar-refractivity contribution in [3.05, 3.63) is 59.2 Å². The molecular formula is C14H14ClN3O. The van der Waals surface area contributed by atoms with Gasteiger partial charge in [0, 0.05) is 6.20 Å². The molecule has 0 radical (unpaired) electrons. The summed E-state index contributed by atoms with van der Waals surface area (Å²) < 4.78 is 0. The van der Waals surface area contributed by atoms with Crippen LogP contribution in [0.15, 0.2) is 48.7 Å². The molecule has 0 saturated carbocycles. The van der Waals surface area contributed by atoms with E-state index in [1.807, 2.05) is 18.2 Å². The highest BCUT2D eigenvalue weighted by Crippen LogP contribution is 2.22. The maximum atomic E-state index is 12.3. The molecule has 1 heterocycles. The highest BCUT2D eigenvalue weighted by atomic mass is 35.5. The summed E-state index contributed by atoms with van der Waals surface area (Å²) >= 11 is 5.95. The molecule has 0 aliphatic heterocycles. The van der Waals surface area contributed by atoms with E-state index in [-0.39, 0.29) is 5.91 Å². The van der Waals surface area contributed by atoms with E-state index in [4.69, 9.17) is 17.3 Å². The minimum Gasteiger partial charge on any atom is -0.314 e. The molecule has 19 heavy (non-hydrogen) atoms. The number of halogens is 1. The van der Waals surface area contributed by atoms with Gasteiger partial charge in [0.15, 0.2) is 5.82 Å². The third-order valence-electron chi connectivity index (χ3n) is 2.84.